The molecular weight excluding hydrogens is 264 g/mol. The smallest absolute Gasteiger partial charge is 0.260 e. The SMILES string of the molecule is CNC(CC(C)(C)C)c1ccc2c(c1)C(=O)N(C)C(=O)C2. The van der Waals surface area contributed by atoms with Gasteiger partial charge in [0.25, 0.3) is 5.91 Å². The number of amides is 2. The molecule has 21 heavy (non-hydrogen) atoms. The third-order valence-electron chi connectivity index (χ3n) is 3.95. The van der Waals surface area contributed by atoms with E-state index in [1.54, 1.807) is 7.05 Å². The number of carbonyl (C=O) groups excluding carboxylic acids is 2. The number of rotatable bonds is 3. The first kappa shape index (κ1) is 15.7. The standard InChI is InChI=1S/C17H24N2O2/c1-17(2,3)10-14(18-4)12-7-6-11-9-15(20)19(5)16(21)13(11)8-12/h6-8,14,18H,9-10H2,1-5H3. The van der Waals surface area contributed by atoms with Gasteiger partial charge in [-0.2, -0.15) is 0 Å². The second-order valence-electron chi connectivity index (χ2n) is 6.96. The van der Waals surface area contributed by atoms with Gasteiger partial charge in [-0.1, -0.05) is 32.9 Å². The quantitative estimate of drug-likeness (QED) is 0.870. The van der Waals surface area contributed by atoms with E-state index >= 15 is 0 Å². The average molecular weight is 288 g/mol. The molecule has 4 heteroatoms. The highest BCUT2D eigenvalue weighted by Gasteiger charge is 2.29. The van der Waals surface area contributed by atoms with Crippen molar-refractivity contribution in [2.24, 2.45) is 5.41 Å². The molecule has 1 aliphatic rings. The van der Waals surface area contributed by atoms with Gasteiger partial charge in [-0.25, -0.2) is 0 Å². The van der Waals surface area contributed by atoms with Crippen molar-refractivity contribution < 1.29 is 9.59 Å². The third kappa shape index (κ3) is 3.32. The van der Waals surface area contributed by atoms with Gasteiger partial charge in [-0.05, 0) is 36.1 Å². The summed E-state index contributed by atoms with van der Waals surface area (Å²) in [6.45, 7) is 6.61. The van der Waals surface area contributed by atoms with Gasteiger partial charge in [0, 0.05) is 18.7 Å². The van der Waals surface area contributed by atoms with Crippen LogP contribution in [0.15, 0.2) is 18.2 Å². The summed E-state index contributed by atoms with van der Waals surface area (Å²) in [5.74, 6) is -0.339. The van der Waals surface area contributed by atoms with Gasteiger partial charge >= 0.3 is 0 Å². The van der Waals surface area contributed by atoms with E-state index < -0.39 is 0 Å². The first-order valence-corrected chi connectivity index (χ1v) is 7.34. The van der Waals surface area contributed by atoms with Crippen LogP contribution in [0.5, 0.6) is 0 Å². The Labute approximate surface area is 126 Å². The van der Waals surface area contributed by atoms with Crippen LogP contribution in [0, 0.1) is 5.41 Å². The van der Waals surface area contributed by atoms with Crippen molar-refractivity contribution in [2.45, 2.75) is 39.7 Å². The molecule has 2 rings (SSSR count). The number of benzene rings is 1. The fraction of sp³-hybridized carbons (Fsp3) is 0.529. The molecule has 1 heterocycles. The van der Waals surface area contributed by atoms with E-state index in [-0.39, 0.29) is 23.3 Å². The minimum atomic E-state index is -0.200. The molecule has 0 spiro atoms. The first-order valence-electron chi connectivity index (χ1n) is 7.34. The van der Waals surface area contributed by atoms with Crippen molar-refractivity contribution >= 4 is 11.8 Å². The lowest BCUT2D eigenvalue weighted by Gasteiger charge is -2.28. The van der Waals surface area contributed by atoms with Gasteiger partial charge in [0.15, 0.2) is 0 Å². The van der Waals surface area contributed by atoms with Crippen molar-refractivity contribution in [3.05, 3.63) is 34.9 Å². The van der Waals surface area contributed by atoms with Crippen molar-refractivity contribution in [1.82, 2.24) is 10.2 Å². The molecule has 0 radical (unpaired) electrons. The summed E-state index contributed by atoms with van der Waals surface area (Å²) in [7, 11) is 3.48. The fourth-order valence-corrected chi connectivity index (χ4v) is 2.74. The fourth-order valence-electron chi connectivity index (χ4n) is 2.74. The molecule has 0 saturated carbocycles. The average Bonchev–Trinajstić information content (AvgIpc) is 2.41. The molecule has 4 nitrogen and oxygen atoms in total. The Bertz CT molecular complexity index is 573. The highest BCUT2D eigenvalue weighted by Crippen LogP contribution is 2.31. The summed E-state index contributed by atoms with van der Waals surface area (Å²) >= 11 is 0. The minimum Gasteiger partial charge on any atom is -0.313 e. The minimum absolute atomic E-state index is 0.139. The molecule has 1 aromatic carbocycles. The molecule has 1 aromatic rings. The maximum Gasteiger partial charge on any atom is 0.260 e. The van der Waals surface area contributed by atoms with Crippen LogP contribution in [0.2, 0.25) is 0 Å². The van der Waals surface area contributed by atoms with Crippen molar-refractivity contribution in [3.63, 3.8) is 0 Å². The van der Waals surface area contributed by atoms with E-state index in [2.05, 4.69) is 26.1 Å². The number of hydrogen-bond donors (Lipinski definition) is 1. The van der Waals surface area contributed by atoms with Crippen LogP contribution < -0.4 is 5.32 Å². The van der Waals surface area contributed by atoms with Crippen LogP contribution in [-0.4, -0.2) is 30.8 Å². The van der Waals surface area contributed by atoms with Crippen molar-refractivity contribution in [3.8, 4) is 0 Å². The second kappa shape index (κ2) is 5.60. The summed E-state index contributed by atoms with van der Waals surface area (Å²) < 4.78 is 0. The van der Waals surface area contributed by atoms with E-state index in [0.717, 1.165) is 17.5 Å². The predicted molar refractivity (Wildman–Crippen MR) is 83.1 cm³/mol. The summed E-state index contributed by atoms with van der Waals surface area (Å²) in [5.41, 5.74) is 2.78. The monoisotopic (exact) mass is 288 g/mol. The van der Waals surface area contributed by atoms with Gasteiger partial charge in [0.2, 0.25) is 5.91 Å². The topological polar surface area (TPSA) is 49.4 Å². The molecule has 1 aliphatic heterocycles. The summed E-state index contributed by atoms with van der Waals surface area (Å²) in [6, 6.07) is 6.08. The summed E-state index contributed by atoms with van der Waals surface area (Å²) in [4.78, 5) is 25.2. The van der Waals surface area contributed by atoms with E-state index in [1.165, 1.54) is 4.90 Å². The molecule has 0 aliphatic carbocycles. The Morgan fingerprint density at radius 2 is 1.95 bits per heavy atom. The summed E-state index contributed by atoms with van der Waals surface area (Å²) in [5, 5.41) is 3.32. The van der Waals surface area contributed by atoms with Crippen LogP contribution >= 0.6 is 0 Å². The Hall–Kier alpha value is -1.68. The van der Waals surface area contributed by atoms with Crippen LogP contribution in [-0.2, 0) is 11.2 Å². The van der Waals surface area contributed by atoms with Gasteiger partial charge < -0.3 is 5.32 Å². The molecule has 0 bridgehead atoms. The van der Waals surface area contributed by atoms with Crippen LogP contribution in [0.3, 0.4) is 0 Å². The number of carbonyl (C=O) groups is 2. The lowest BCUT2D eigenvalue weighted by molar-refractivity contribution is -0.127. The molecule has 0 fully saturated rings. The molecule has 2 amide bonds. The Balaban J connectivity index is 2.36. The molecule has 1 unspecified atom stereocenters. The molecule has 0 saturated heterocycles. The zero-order chi connectivity index (χ0) is 15.8. The predicted octanol–water partition coefficient (Wildman–Crippen LogP) is 2.54. The molecular formula is C17H24N2O2. The number of imide groups is 1. The van der Waals surface area contributed by atoms with E-state index in [1.807, 2.05) is 25.2 Å². The van der Waals surface area contributed by atoms with E-state index in [4.69, 9.17) is 0 Å². The van der Waals surface area contributed by atoms with Gasteiger partial charge in [0.1, 0.15) is 0 Å². The third-order valence-corrected chi connectivity index (χ3v) is 3.95. The normalized spacial score (nSPS) is 16.9. The van der Waals surface area contributed by atoms with Crippen LogP contribution in [0.4, 0.5) is 0 Å². The number of nitrogens with one attached hydrogen (secondary N) is 1. The lowest BCUT2D eigenvalue weighted by atomic mass is 9.84. The molecule has 0 aromatic heterocycles. The highest BCUT2D eigenvalue weighted by molar-refractivity contribution is 6.09. The number of hydrogen-bond acceptors (Lipinski definition) is 3. The van der Waals surface area contributed by atoms with Crippen LogP contribution in [0.25, 0.3) is 0 Å². The maximum atomic E-state index is 12.3. The van der Waals surface area contributed by atoms with Crippen molar-refractivity contribution in [2.75, 3.05) is 14.1 Å². The van der Waals surface area contributed by atoms with Crippen molar-refractivity contribution in [1.29, 1.82) is 0 Å². The second-order valence-corrected chi connectivity index (χ2v) is 6.96. The van der Waals surface area contributed by atoms with Gasteiger partial charge in [-0.3, -0.25) is 14.5 Å². The van der Waals surface area contributed by atoms with Gasteiger partial charge in [0.05, 0.1) is 6.42 Å². The number of likely N-dealkylation sites (N-methyl/N-ethyl adjacent to an activating group) is 1. The zero-order valence-corrected chi connectivity index (χ0v) is 13.5. The highest BCUT2D eigenvalue weighted by atomic mass is 16.2. The molecule has 1 atom stereocenters. The largest absolute Gasteiger partial charge is 0.313 e. The van der Waals surface area contributed by atoms with E-state index in [0.29, 0.717) is 12.0 Å². The van der Waals surface area contributed by atoms with Gasteiger partial charge in [-0.15, -0.1) is 0 Å². The molecule has 1 N–H and O–H groups in total. The van der Waals surface area contributed by atoms with E-state index in [9.17, 15) is 9.59 Å². The Morgan fingerprint density at radius 1 is 1.29 bits per heavy atom. The Kier molecular flexibility index (Phi) is 4.19. The summed E-state index contributed by atoms with van der Waals surface area (Å²) in [6.07, 6.45) is 1.28. The number of nitrogens with zero attached hydrogens (tertiary/aromatic N) is 1. The Morgan fingerprint density at radius 3 is 2.52 bits per heavy atom. The number of fused-ring (bicyclic) bond motifs is 1. The van der Waals surface area contributed by atoms with Crippen LogP contribution in [0.1, 0.15) is 54.7 Å². The zero-order valence-electron chi connectivity index (χ0n) is 13.5. The lowest BCUT2D eigenvalue weighted by Crippen LogP contribution is -2.39. The molecule has 114 valence electrons. The maximum absolute atomic E-state index is 12.3. The first-order chi connectivity index (χ1) is 9.73.